The van der Waals surface area contributed by atoms with Gasteiger partial charge in [0.25, 0.3) is 0 Å². The van der Waals surface area contributed by atoms with E-state index in [2.05, 4.69) is 95.1 Å². The smallest absolute Gasteiger partial charge is 0.223 e. The number of rotatable bonds is 6. The Morgan fingerprint density at radius 2 is 1.72 bits per heavy atom. The molecule has 1 unspecified atom stereocenters. The van der Waals surface area contributed by atoms with Crippen LogP contribution in [0.1, 0.15) is 36.9 Å². The van der Waals surface area contributed by atoms with Crippen LogP contribution < -0.4 is 5.32 Å². The van der Waals surface area contributed by atoms with Gasteiger partial charge in [-0.1, -0.05) is 60.7 Å². The number of hydrogen-bond donors (Lipinski definition) is 2. The van der Waals surface area contributed by atoms with Crippen molar-refractivity contribution in [2.45, 2.75) is 32.2 Å². The molecule has 3 aromatic carbocycles. The van der Waals surface area contributed by atoms with Crippen LogP contribution in [0.25, 0.3) is 21.7 Å². The Labute approximate surface area is 189 Å². The van der Waals surface area contributed by atoms with Crippen LogP contribution in [0, 0.1) is 5.92 Å². The molecule has 1 amide bonds. The highest BCUT2D eigenvalue weighted by molar-refractivity contribution is 5.87. The molecule has 1 aliphatic heterocycles. The average Bonchev–Trinajstić information content (AvgIpc) is 3.25. The fourth-order valence-electron chi connectivity index (χ4n) is 5.07. The number of benzene rings is 3. The molecule has 0 saturated carbocycles. The number of piperidine rings is 1. The zero-order chi connectivity index (χ0) is 21.9. The zero-order valence-electron chi connectivity index (χ0n) is 18.7. The van der Waals surface area contributed by atoms with E-state index in [1.807, 2.05) is 0 Å². The minimum atomic E-state index is 0.00787. The number of hydrogen-bond acceptors (Lipinski definition) is 2. The Bertz CT molecular complexity index is 1210. The van der Waals surface area contributed by atoms with Gasteiger partial charge in [-0.05, 0) is 67.2 Å². The lowest BCUT2D eigenvalue weighted by Gasteiger charge is -2.32. The number of amides is 1. The second kappa shape index (κ2) is 9.17. The molecule has 5 rings (SSSR count). The quantitative estimate of drug-likeness (QED) is 0.431. The van der Waals surface area contributed by atoms with Crippen LogP contribution in [-0.2, 0) is 11.2 Å². The van der Waals surface area contributed by atoms with Gasteiger partial charge in [-0.25, -0.2) is 0 Å². The molecule has 1 saturated heterocycles. The summed E-state index contributed by atoms with van der Waals surface area (Å²) >= 11 is 0. The predicted molar refractivity (Wildman–Crippen MR) is 132 cm³/mol. The Balaban J connectivity index is 1.14. The van der Waals surface area contributed by atoms with Crippen LogP contribution in [0.4, 0.5) is 0 Å². The number of likely N-dealkylation sites (tertiary alicyclic amines) is 1. The summed E-state index contributed by atoms with van der Waals surface area (Å²) in [5.41, 5.74) is 3.77. The van der Waals surface area contributed by atoms with E-state index in [4.69, 9.17) is 0 Å². The number of carbonyl (C=O) groups is 1. The summed E-state index contributed by atoms with van der Waals surface area (Å²) in [6.45, 7) is 5.12. The molecule has 1 fully saturated rings. The summed E-state index contributed by atoms with van der Waals surface area (Å²) in [7, 11) is 0. The molecule has 4 nitrogen and oxygen atoms in total. The molecule has 2 N–H and O–H groups in total. The van der Waals surface area contributed by atoms with Crippen LogP contribution in [0.5, 0.6) is 0 Å². The van der Waals surface area contributed by atoms with E-state index in [-0.39, 0.29) is 17.9 Å². The molecule has 0 aliphatic carbocycles. The van der Waals surface area contributed by atoms with E-state index in [0.29, 0.717) is 0 Å². The van der Waals surface area contributed by atoms with E-state index < -0.39 is 0 Å². The molecule has 1 atom stereocenters. The summed E-state index contributed by atoms with van der Waals surface area (Å²) in [5.74, 6) is 0.304. The molecule has 0 bridgehead atoms. The van der Waals surface area contributed by atoms with Gasteiger partial charge in [0.15, 0.2) is 0 Å². The summed E-state index contributed by atoms with van der Waals surface area (Å²) in [5, 5.41) is 7.04. The Morgan fingerprint density at radius 1 is 1.00 bits per heavy atom. The van der Waals surface area contributed by atoms with Crippen molar-refractivity contribution in [3.05, 3.63) is 84.1 Å². The molecule has 32 heavy (non-hydrogen) atoms. The normalized spacial score (nSPS) is 16.4. The van der Waals surface area contributed by atoms with Crippen LogP contribution in [-0.4, -0.2) is 35.4 Å². The molecular formula is C28H31N3O. The first-order chi connectivity index (χ1) is 15.7. The Kier molecular flexibility index (Phi) is 5.95. The number of H-pyrrole nitrogens is 1. The van der Waals surface area contributed by atoms with Gasteiger partial charge in [-0.2, -0.15) is 0 Å². The number of nitrogens with one attached hydrogen (secondary N) is 2. The van der Waals surface area contributed by atoms with Gasteiger partial charge in [-0.15, -0.1) is 0 Å². The number of aromatic nitrogens is 1. The molecule has 0 radical (unpaired) electrons. The lowest BCUT2D eigenvalue weighted by atomic mass is 9.94. The average molecular weight is 426 g/mol. The highest BCUT2D eigenvalue weighted by Crippen LogP contribution is 2.26. The third-order valence-electron chi connectivity index (χ3n) is 6.98. The monoisotopic (exact) mass is 425 g/mol. The van der Waals surface area contributed by atoms with Crippen molar-refractivity contribution < 1.29 is 4.79 Å². The third kappa shape index (κ3) is 4.28. The van der Waals surface area contributed by atoms with E-state index in [1.54, 1.807) is 0 Å². The number of nitrogens with zero attached hydrogens (tertiary/aromatic N) is 1. The molecule has 1 aliphatic rings. The number of carbonyl (C=O) groups excluding carboxylic acids is 1. The highest BCUT2D eigenvalue weighted by atomic mass is 16.1. The Hall–Kier alpha value is -3.11. The first-order valence-corrected chi connectivity index (χ1v) is 11.7. The standard InChI is InChI=1S/C28H31N3O/c1-20(24-11-6-8-21-7-2-3-9-25(21)24)30-28(32)22-13-16-31(17-14-22)18-15-23-19-29-27-12-5-4-10-26(23)27/h2-12,19-20,22,29H,13-18H2,1H3,(H,30,32). The fourth-order valence-corrected chi connectivity index (χ4v) is 5.07. The minimum absolute atomic E-state index is 0.00787. The molecular weight excluding hydrogens is 394 g/mol. The van der Waals surface area contributed by atoms with Gasteiger partial charge >= 0.3 is 0 Å². The van der Waals surface area contributed by atoms with Crippen molar-refractivity contribution in [2.75, 3.05) is 19.6 Å². The maximum atomic E-state index is 13.0. The third-order valence-corrected chi connectivity index (χ3v) is 6.98. The van der Waals surface area contributed by atoms with Gasteiger partial charge in [0.2, 0.25) is 5.91 Å². The van der Waals surface area contributed by atoms with E-state index >= 15 is 0 Å². The second-order valence-corrected chi connectivity index (χ2v) is 9.02. The molecule has 164 valence electrons. The van der Waals surface area contributed by atoms with Gasteiger partial charge in [0.05, 0.1) is 6.04 Å². The van der Waals surface area contributed by atoms with Gasteiger partial charge in [0, 0.05) is 29.6 Å². The van der Waals surface area contributed by atoms with Crippen molar-refractivity contribution >= 4 is 27.6 Å². The topological polar surface area (TPSA) is 48.1 Å². The highest BCUT2D eigenvalue weighted by Gasteiger charge is 2.26. The van der Waals surface area contributed by atoms with Crippen LogP contribution in [0.15, 0.2) is 72.9 Å². The minimum Gasteiger partial charge on any atom is -0.361 e. The Morgan fingerprint density at radius 3 is 2.56 bits per heavy atom. The summed E-state index contributed by atoms with van der Waals surface area (Å²) in [6, 6.07) is 23.2. The number of fused-ring (bicyclic) bond motifs is 2. The SMILES string of the molecule is CC(NC(=O)C1CCN(CCc2c[nH]c3ccccc23)CC1)c1cccc2ccccc12. The van der Waals surface area contributed by atoms with Crippen LogP contribution >= 0.6 is 0 Å². The summed E-state index contributed by atoms with van der Waals surface area (Å²) in [6.07, 6.45) is 5.04. The predicted octanol–water partition coefficient (Wildman–Crippen LogP) is 5.45. The van der Waals surface area contributed by atoms with Crippen molar-refractivity contribution in [1.82, 2.24) is 15.2 Å². The molecule has 0 spiro atoms. The lowest BCUT2D eigenvalue weighted by Crippen LogP contribution is -2.41. The zero-order valence-corrected chi connectivity index (χ0v) is 18.7. The first kappa shape index (κ1) is 20.8. The van der Waals surface area contributed by atoms with Gasteiger partial charge < -0.3 is 15.2 Å². The molecule has 2 heterocycles. The van der Waals surface area contributed by atoms with Crippen molar-refractivity contribution in [2.24, 2.45) is 5.92 Å². The van der Waals surface area contributed by atoms with E-state index in [9.17, 15) is 4.79 Å². The largest absolute Gasteiger partial charge is 0.361 e. The number of aromatic amines is 1. The molecule has 4 aromatic rings. The van der Waals surface area contributed by atoms with Crippen LogP contribution in [0.3, 0.4) is 0 Å². The fraction of sp³-hybridized carbons (Fsp3) is 0.321. The van der Waals surface area contributed by atoms with Gasteiger partial charge in [0.1, 0.15) is 0 Å². The van der Waals surface area contributed by atoms with Gasteiger partial charge in [-0.3, -0.25) is 4.79 Å². The first-order valence-electron chi connectivity index (χ1n) is 11.7. The maximum Gasteiger partial charge on any atom is 0.223 e. The van der Waals surface area contributed by atoms with E-state index in [0.717, 1.165) is 38.9 Å². The molecule has 4 heteroatoms. The van der Waals surface area contributed by atoms with Crippen molar-refractivity contribution in [3.8, 4) is 0 Å². The van der Waals surface area contributed by atoms with Crippen molar-refractivity contribution in [1.29, 1.82) is 0 Å². The van der Waals surface area contributed by atoms with Crippen molar-refractivity contribution in [3.63, 3.8) is 0 Å². The van der Waals surface area contributed by atoms with Crippen LogP contribution in [0.2, 0.25) is 0 Å². The van der Waals surface area contributed by atoms with E-state index in [1.165, 1.54) is 32.8 Å². The summed E-state index contributed by atoms with van der Waals surface area (Å²) in [4.78, 5) is 18.9. The summed E-state index contributed by atoms with van der Waals surface area (Å²) < 4.78 is 0. The molecule has 1 aromatic heterocycles. The maximum absolute atomic E-state index is 13.0. The number of para-hydroxylation sites is 1. The second-order valence-electron chi connectivity index (χ2n) is 9.02. The lowest BCUT2D eigenvalue weighted by molar-refractivity contribution is -0.127.